The van der Waals surface area contributed by atoms with Crippen molar-refractivity contribution in [3.05, 3.63) is 29.3 Å². The minimum Gasteiger partial charge on any atom is -0.410 e. The molecule has 1 amide bonds. The number of carbonyl (C=O) groups is 1. The molecule has 1 rings (SSSR count). The number of likely N-dealkylation sites (N-methyl/N-ethyl adjacent to an activating group) is 1. The molecule has 0 aromatic heterocycles. The summed E-state index contributed by atoms with van der Waals surface area (Å²) in [5.74, 6) is 0.473. The summed E-state index contributed by atoms with van der Waals surface area (Å²) in [6, 6.07) is 6.61. The van der Waals surface area contributed by atoms with Crippen LogP contribution in [0.3, 0.4) is 0 Å². The summed E-state index contributed by atoms with van der Waals surface area (Å²) < 4.78 is 4.98. The summed E-state index contributed by atoms with van der Waals surface area (Å²) >= 11 is 5.69. The molecule has 15 heavy (non-hydrogen) atoms. The number of ether oxygens (including phenoxy) is 1. The molecule has 1 aromatic carbocycles. The van der Waals surface area contributed by atoms with E-state index < -0.39 is 6.09 Å². The first-order valence-corrected chi connectivity index (χ1v) is 4.96. The molecule has 0 fully saturated rings. The Hall–Kier alpha value is -1.26. The molecule has 0 aliphatic heterocycles. The van der Waals surface area contributed by atoms with E-state index >= 15 is 0 Å². The molecule has 0 aliphatic carbocycles. The maximum absolute atomic E-state index is 11.2. The number of benzene rings is 1. The highest BCUT2D eigenvalue weighted by atomic mass is 35.5. The molecular weight excluding hydrogens is 216 g/mol. The monoisotopic (exact) mass is 228 g/mol. The van der Waals surface area contributed by atoms with Crippen LogP contribution in [0.5, 0.6) is 5.75 Å². The third-order valence-corrected chi connectivity index (χ3v) is 1.92. The van der Waals surface area contributed by atoms with Crippen LogP contribution in [0.15, 0.2) is 24.3 Å². The number of amides is 1. The second-order valence-electron chi connectivity index (χ2n) is 2.87. The summed E-state index contributed by atoms with van der Waals surface area (Å²) in [5, 5.41) is 6.11. The van der Waals surface area contributed by atoms with E-state index in [1.54, 1.807) is 24.3 Å². The second kappa shape index (κ2) is 6.27. The average Bonchev–Trinajstić information content (AvgIpc) is 2.22. The molecule has 2 N–H and O–H groups in total. The molecule has 0 unspecified atom stereocenters. The lowest BCUT2D eigenvalue weighted by Gasteiger charge is -2.05. The van der Waals surface area contributed by atoms with Crippen molar-refractivity contribution in [1.82, 2.24) is 10.6 Å². The average molecular weight is 229 g/mol. The second-order valence-corrected chi connectivity index (χ2v) is 3.31. The van der Waals surface area contributed by atoms with Crippen LogP contribution in [-0.4, -0.2) is 26.2 Å². The number of hydrogen-bond acceptors (Lipinski definition) is 3. The Morgan fingerprint density at radius 2 is 2.00 bits per heavy atom. The minimum absolute atomic E-state index is 0.465. The molecule has 0 saturated carbocycles. The van der Waals surface area contributed by atoms with Gasteiger partial charge in [0.15, 0.2) is 0 Å². The highest BCUT2D eigenvalue weighted by molar-refractivity contribution is 6.30. The van der Waals surface area contributed by atoms with Crippen molar-refractivity contribution in [3.63, 3.8) is 0 Å². The van der Waals surface area contributed by atoms with Crippen molar-refractivity contribution in [2.24, 2.45) is 0 Å². The van der Waals surface area contributed by atoms with Crippen molar-refractivity contribution in [2.45, 2.75) is 0 Å². The first-order chi connectivity index (χ1) is 7.22. The smallest absolute Gasteiger partial charge is 0.410 e. The van der Waals surface area contributed by atoms with Gasteiger partial charge in [-0.25, -0.2) is 4.79 Å². The molecule has 0 aliphatic rings. The van der Waals surface area contributed by atoms with E-state index in [-0.39, 0.29) is 0 Å². The first kappa shape index (κ1) is 11.8. The van der Waals surface area contributed by atoms with E-state index in [4.69, 9.17) is 16.3 Å². The Labute approximate surface area is 93.6 Å². The minimum atomic E-state index is -0.465. The predicted molar refractivity (Wildman–Crippen MR) is 59.4 cm³/mol. The lowest BCUT2D eigenvalue weighted by atomic mass is 10.3. The normalized spacial score (nSPS) is 9.73. The lowest BCUT2D eigenvalue weighted by molar-refractivity contribution is 0.200. The van der Waals surface area contributed by atoms with E-state index in [1.165, 1.54) is 0 Å². The number of nitrogens with one attached hydrogen (secondary N) is 2. The van der Waals surface area contributed by atoms with Gasteiger partial charge in [0.25, 0.3) is 0 Å². The van der Waals surface area contributed by atoms with E-state index in [0.717, 1.165) is 0 Å². The molecule has 0 saturated heterocycles. The van der Waals surface area contributed by atoms with Gasteiger partial charge >= 0.3 is 6.09 Å². The van der Waals surface area contributed by atoms with Crippen LogP contribution in [0.4, 0.5) is 4.79 Å². The van der Waals surface area contributed by atoms with E-state index in [9.17, 15) is 4.79 Å². The zero-order valence-corrected chi connectivity index (χ0v) is 9.17. The fraction of sp³-hybridized carbons (Fsp3) is 0.300. The van der Waals surface area contributed by atoms with Crippen molar-refractivity contribution >= 4 is 17.7 Å². The van der Waals surface area contributed by atoms with Gasteiger partial charge in [0.2, 0.25) is 0 Å². The van der Waals surface area contributed by atoms with Crippen LogP contribution in [0.2, 0.25) is 5.02 Å². The predicted octanol–water partition coefficient (Wildman–Crippen LogP) is 1.65. The quantitative estimate of drug-likeness (QED) is 0.771. The number of hydrogen-bond donors (Lipinski definition) is 2. The maximum Gasteiger partial charge on any atom is 0.412 e. The molecule has 82 valence electrons. The number of carbonyl (C=O) groups excluding carboxylic acids is 1. The van der Waals surface area contributed by atoms with Crippen molar-refractivity contribution in [1.29, 1.82) is 0 Å². The van der Waals surface area contributed by atoms with Crippen LogP contribution in [0.25, 0.3) is 0 Å². The van der Waals surface area contributed by atoms with Crippen molar-refractivity contribution in [3.8, 4) is 5.75 Å². The summed E-state index contributed by atoms with van der Waals surface area (Å²) in [7, 11) is 1.81. The van der Waals surface area contributed by atoms with Gasteiger partial charge in [0.05, 0.1) is 0 Å². The summed E-state index contributed by atoms with van der Waals surface area (Å²) in [4.78, 5) is 11.2. The van der Waals surface area contributed by atoms with Crippen LogP contribution < -0.4 is 15.4 Å². The van der Waals surface area contributed by atoms with E-state index in [1.807, 2.05) is 7.05 Å². The first-order valence-electron chi connectivity index (χ1n) is 4.58. The molecule has 0 spiro atoms. The Morgan fingerprint density at radius 3 is 2.60 bits per heavy atom. The van der Waals surface area contributed by atoms with Gasteiger partial charge in [-0.15, -0.1) is 0 Å². The lowest BCUT2D eigenvalue weighted by Crippen LogP contribution is -2.32. The zero-order chi connectivity index (χ0) is 11.1. The fourth-order valence-corrected chi connectivity index (χ4v) is 1.06. The number of halogens is 1. The summed E-state index contributed by atoms with van der Waals surface area (Å²) in [5.41, 5.74) is 0. The highest BCUT2D eigenvalue weighted by Crippen LogP contribution is 2.15. The van der Waals surface area contributed by atoms with Gasteiger partial charge in [-0.1, -0.05) is 11.6 Å². The largest absolute Gasteiger partial charge is 0.412 e. The van der Waals surface area contributed by atoms with Crippen molar-refractivity contribution < 1.29 is 9.53 Å². The van der Waals surface area contributed by atoms with Crippen LogP contribution >= 0.6 is 11.6 Å². The Morgan fingerprint density at radius 1 is 1.33 bits per heavy atom. The summed E-state index contributed by atoms with van der Waals surface area (Å²) in [6.07, 6.45) is -0.465. The van der Waals surface area contributed by atoms with Gasteiger partial charge in [0, 0.05) is 18.1 Å². The third kappa shape index (κ3) is 4.67. The Bertz CT molecular complexity index is 314. The Kier molecular flexibility index (Phi) is 4.93. The molecule has 0 radical (unpaired) electrons. The maximum atomic E-state index is 11.2. The van der Waals surface area contributed by atoms with Crippen LogP contribution in [0.1, 0.15) is 0 Å². The van der Waals surface area contributed by atoms with Gasteiger partial charge in [0.1, 0.15) is 5.75 Å². The molecule has 0 atom stereocenters. The van der Waals surface area contributed by atoms with E-state index in [2.05, 4.69) is 10.6 Å². The Balaban J connectivity index is 2.34. The van der Waals surface area contributed by atoms with Crippen molar-refractivity contribution in [2.75, 3.05) is 20.1 Å². The molecule has 0 heterocycles. The SMILES string of the molecule is CNCCNC(=O)Oc1ccc(Cl)cc1. The molecule has 0 bridgehead atoms. The van der Waals surface area contributed by atoms with Gasteiger partial charge < -0.3 is 15.4 Å². The van der Waals surface area contributed by atoms with Gasteiger partial charge in [-0.2, -0.15) is 0 Å². The molecule has 1 aromatic rings. The number of rotatable bonds is 4. The standard InChI is InChI=1S/C10H13ClN2O2/c1-12-6-7-13-10(14)15-9-4-2-8(11)3-5-9/h2-5,12H,6-7H2,1H3,(H,13,14). The summed E-state index contributed by atoms with van der Waals surface area (Å²) in [6.45, 7) is 1.23. The zero-order valence-electron chi connectivity index (χ0n) is 8.42. The fourth-order valence-electron chi connectivity index (χ4n) is 0.935. The van der Waals surface area contributed by atoms with Crippen LogP contribution in [0, 0.1) is 0 Å². The van der Waals surface area contributed by atoms with E-state index in [0.29, 0.717) is 23.9 Å². The van der Waals surface area contributed by atoms with Gasteiger partial charge in [-0.05, 0) is 31.3 Å². The molecular formula is C10H13ClN2O2. The van der Waals surface area contributed by atoms with Gasteiger partial charge in [-0.3, -0.25) is 0 Å². The van der Waals surface area contributed by atoms with Crippen LogP contribution in [-0.2, 0) is 0 Å². The molecule has 4 nitrogen and oxygen atoms in total. The highest BCUT2D eigenvalue weighted by Gasteiger charge is 2.02. The molecule has 5 heteroatoms. The topological polar surface area (TPSA) is 50.4 Å². The third-order valence-electron chi connectivity index (χ3n) is 1.67.